The Morgan fingerprint density at radius 1 is 1.36 bits per heavy atom. The first kappa shape index (κ1) is 19.9. The van der Waals surface area contributed by atoms with Gasteiger partial charge in [-0.05, 0) is 57.7 Å². The van der Waals surface area contributed by atoms with E-state index in [0.717, 1.165) is 37.7 Å². The highest BCUT2D eigenvalue weighted by Gasteiger charge is 2.31. The molecule has 1 saturated heterocycles. The number of piperidine rings is 1. The van der Waals surface area contributed by atoms with E-state index in [1.165, 1.54) is 6.07 Å². The number of aryl methyl sites for hydroxylation is 1. The van der Waals surface area contributed by atoms with E-state index in [2.05, 4.69) is 12.2 Å². The van der Waals surface area contributed by atoms with Crippen LogP contribution < -0.4 is 5.32 Å². The lowest BCUT2D eigenvalue weighted by Gasteiger charge is -2.32. The molecule has 5 nitrogen and oxygen atoms in total. The van der Waals surface area contributed by atoms with Gasteiger partial charge in [0.25, 0.3) is 5.91 Å². The predicted octanol–water partition coefficient (Wildman–Crippen LogP) is 3.48. The molecule has 1 fully saturated rings. The Morgan fingerprint density at radius 2 is 2.08 bits per heavy atom. The van der Waals surface area contributed by atoms with Crippen molar-refractivity contribution in [2.75, 3.05) is 6.54 Å². The number of hydrogen-bond donors (Lipinski definition) is 1. The third-order valence-electron chi connectivity index (χ3n) is 4.90. The zero-order valence-corrected chi connectivity index (χ0v) is 16.5. The van der Waals surface area contributed by atoms with Gasteiger partial charge in [0.1, 0.15) is 0 Å². The highest BCUT2D eigenvalue weighted by Crippen LogP contribution is 2.26. The second-order valence-corrected chi connectivity index (χ2v) is 8.99. The number of amides is 1. The smallest absolute Gasteiger partial charge is 0.251 e. The molecule has 1 aromatic carbocycles. The van der Waals surface area contributed by atoms with E-state index in [9.17, 15) is 13.2 Å². The monoisotopic (exact) mass is 366 g/mol. The molecule has 1 aliphatic heterocycles. The SMILES string of the molecule is CCC[C@H](C)NC(=O)c1cc(S(=O)(=O)N2CCCC[C@@H]2C)ccc1C. The fraction of sp³-hybridized carbons (Fsp3) is 0.632. The van der Waals surface area contributed by atoms with Crippen LogP contribution in [0.3, 0.4) is 0 Å². The zero-order chi connectivity index (χ0) is 18.6. The number of sulfonamides is 1. The van der Waals surface area contributed by atoms with E-state index in [1.54, 1.807) is 16.4 Å². The molecule has 0 unspecified atom stereocenters. The van der Waals surface area contributed by atoms with Crippen LogP contribution in [0.25, 0.3) is 0 Å². The van der Waals surface area contributed by atoms with Crippen molar-refractivity contribution in [2.24, 2.45) is 0 Å². The number of carbonyl (C=O) groups is 1. The summed E-state index contributed by atoms with van der Waals surface area (Å²) >= 11 is 0. The average molecular weight is 367 g/mol. The largest absolute Gasteiger partial charge is 0.350 e. The Bertz CT molecular complexity index is 715. The molecule has 2 atom stereocenters. The number of nitrogens with zero attached hydrogens (tertiary/aromatic N) is 1. The molecule has 1 aliphatic rings. The third-order valence-corrected chi connectivity index (χ3v) is 6.91. The summed E-state index contributed by atoms with van der Waals surface area (Å²) in [6, 6.07) is 4.93. The van der Waals surface area contributed by atoms with Crippen molar-refractivity contribution in [3.05, 3.63) is 29.3 Å². The summed E-state index contributed by atoms with van der Waals surface area (Å²) in [6.45, 7) is 8.37. The Balaban J connectivity index is 2.30. The van der Waals surface area contributed by atoms with Crippen LogP contribution in [0.5, 0.6) is 0 Å². The lowest BCUT2D eigenvalue weighted by atomic mass is 10.1. The average Bonchev–Trinajstić information content (AvgIpc) is 2.55. The number of nitrogens with one attached hydrogen (secondary N) is 1. The molecule has 0 aromatic heterocycles. The fourth-order valence-corrected chi connectivity index (χ4v) is 5.10. The molecule has 0 spiro atoms. The molecule has 0 aliphatic carbocycles. The summed E-state index contributed by atoms with van der Waals surface area (Å²) in [5.74, 6) is -0.206. The van der Waals surface area contributed by atoms with E-state index < -0.39 is 10.0 Å². The second-order valence-electron chi connectivity index (χ2n) is 7.10. The van der Waals surface area contributed by atoms with Gasteiger partial charge in [-0.1, -0.05) is 25.8 Å². The van der Waals surface area contributed by atoms with Crippen LogP contribution in [0.4, 0.5) is 0 Å². The van der Waals surface area contributed by atoms with Gasteiger partial charge in [0.15, 0.2) is 0 Å². The van der Waals surface area contributed by atoms with Crippen molar-refractivity contribution >= 4 is 15.9 Å². The molecule has 1 aromatic rings. The van der Waals surface area contributed by atoms with Crippen LogP contribution in [-0.4, -0.2) is 37.3 Å². The first-order valence-corrected chi connectivity index (χ1v) is 10.6. The van der Waals surface area contributed by atoms with Crippen LogP contribution in [0.1, 0.15) is 68.8 Å². The third kappa shape index (κ3) is 4.61. The van der Waals surface area contributed by atoms with E-state index >= 15 is 0 Å². The minimum Gasteiger partial charge on any atom is -0.350 e. The summed E-state index contributed by atoms with van der Waals surface area (Å²) in [5.41, 5.74) is 1.22. The number of rotatable bonds is 6. The van der Waals surface area contributed by atoms with E-state index in [-0.39, 0.29) is 22.9 Å². The van der Waals surface area contributed by atoms with Gasteiger partial charge >= 0.3 is 0 Å². The molecular formula is C19H30N2O3S. The molecule has 1 amide bonds. The van der Waals surface area contributed by atoms with Crippen LogP contribution in [0.15, 0.2) is 23.1 Å². The lowest BCUT2D eigenvalue weighted by molar-refractivity contribution is 0.0937. The summed E-state index contributed by atoms with van der Waals surface area (Å²) in [6.07, 6.45) is 4.71. The van der Waals surface area contributed by atoms with Crippen molar-refractivity contribution in [2.45, 2.75) is 76.8 Å². The van der Waals surface area contributed by atoms with Gasteiger partial charge in [-0.25, -0.2) is 8.42 Å². The Kier molecular flexibility index (Phi) is 6.63. The van der Waals surface area contributed by atoms with Crippen LogP contribution in [0.2, 0.25) is 0 Å². The van der Waals surface area contributed by atoms with Gasteiger partial charge in [-0.2, -0.15) is 4.31 Å². The number of hydrogen-bond acceptors (Lipinski definition) is 3. The maximum atomic E-state index is 13.0. The van der Waals surface area contributed by atoms with Gasteiger partial charge in [0.05, 0.1) is 4.90 Å². The van der Waals surface area contributed by atoms with E-state index in [1.807, 2.05) is 20.8 Å². The molecule has 0 saturated carbocycles. The van der Waals surface area contributed by atoms with Crippen LogP contribution in [0, 0.1) is 6.92 Å². The summed E-state index contributed by atoms with van der Waals surface area (Å²) < 4.78 is 27.6. The van der Waals surface area contributed by atoms with Crippen molar-refractivity contribution in [1.82, 2.24) is 9.62 Å². The predicted molar refractivity (Wildman–Crippen MR) is 100 cm³/mol. The highest BCUT2D eigenvalue weighted by atomic mass is 32.2. The van der Waals surface area contributed by atoms with Gasteiger partial charge in [-0.3, -0.25) is 4.79 Å². The normalized spacial score (nSPS) is 20.2. The minimum absolute atomic E-state index is 0.00176. The van der Waals surface area contributed by atoms with E-state index in [4.69, 9.17) is 0 Å². The molecule has 6 heteroatoms. The van der Waals surface area contributed by atoms with Gasteiger partial charge in [0, 0.05) is 24.2 Å². The molecule has 0 bridgehead atoms. The van der Waals surface area contributed by atoms with Crippen molar-refractivity contribution < 1.29 is 13.2 Å². The fourth-order valence-electron chi connectivity index (χ4n) is 3.38. The number of carbonyl (C=O) groups excluding carboxylic acids is 1. The maximum Gasteiger partial charge on any atom is 0.251 e. The molecule has 1 N–H and O–H groups in total. The summed E-state index contributed by atoms with van der Waals surface area (Å²) in [5, 5.41) is 2.96. The highest BCUT2D eigenvalue weighted by molar-refractivity contribution is 7.89. The van der Waals surface area contributed by atoms with Crippen molar-refractivity contribution in [3.8, 4) is 0 Å². The first-order valence-electron chi connectivity index (χ1n) is 9.20. The molecule has 1 heterocycles. The minimum atomic E-state index is -3.57. The molecular weight excluding hydrogens is 336 g/mol. The van der Waals surface area contributed by atoms with Crippen LogP contribution >= 0.6 is 0 Å². The first-order chi connectivity index (χ1) is 11.8. The lowest BCUT2D eigenvalue weighted by Crippen LogP contribution is -2.42. The Morgan fingerprint density at radius 3 is 2.72 bits per heavy atom. The standard InChI is InChI=1S/C19H30N2O3S/c1-5-8-15(3)20-19(22)18-13-17(11-10-14(18)2)25(23,24)21-12-7-6-9-16(21)4/h10-11,13,15-16H,5-9,12H2,1-4H3,(H,20,22)/t15-,16-/m0/s1. The topological polar surface area (TPSA) is 66.5 Å². The van der Waals surface area contributed by atoms with Gasteiger partial charge in [0.2, 0.25) is 10.0 Å². The Hall–Kier alpha value is -1.40. The van der Waals surface area contributed by atoms with E-state index in [0.29, 0.717) is 12.1 Å². The molecule has 140 valence electrons. The van der Waals surface area contributed by atoms with Crippen molar-refractivity contribution in [3.63, 3.8) is 0 Å². The number of benzene rings is 1. The van der Waals surface area contributed by atoms with Gasteiger partial charge < -0.3 is 5.32 Å². The van der Waals surface area contributed by atoms with Gasteiger partial charge in [-0.15, -0.1) is 0 Å². The molecule has 2 rings (SSSR count). The zero-order valence-electron chi connectivity index (χ0n) is 15.7. The molecule has 25 heavy (non-hydrogen) atoms. The van der Waals surface area contributed by atoms with Crippen LogP contribution in [-0.2, 0) is 10.0 Å². The quantitative estimate of drug-likeness (QED) is 0.838. The van der Waals surface area contributed by atoms with Crippen molar-refractivity contribution in [1.29, 1.82) is 0 Å². The summed E-state index contributed by atoms with van der Waals surface area (Å²) in [4.78, 5) is 12.8. The Labute approximate surface area is 151 Å². The summed E-state index contributed by atoms with van der Waals surface area (Å²) in [7, 11) is -3.57. The molecule has 0 radical (unpaired) electrons. The maximum absolute atomic E-state index is 13.0. The second kappa shape index (κ2) is 8.32.